The highest BCUT2D eigenvalue weighted by molar-refractivity contribution is 5.68. The van der Waals surface area contributed by atoms with E-state index in [-0.39, 0.29) is 0 Å². The van der Waals surface area contributed by atoms with Gasteiger partial charge in [0.1, 0.15) is 5.82 Å². The zero-order valence-electron chi connectivity index (χ0n) is 9.43. The van der Waals surface area contributed by atoms with Crippen LogP contribution in [0.5, 0.6) is 0 Å². The molecule has 2 aromatic heterocycles. The lowest BCUT2D eigenvalue weighted by molar-refractivity contribution is 0.409. The quantitative estimate of drug-likeness (QED) is 0.782. The van der Waals surface area contributed by atoms with E-state index in [0.717, 1.165) is 30.1 Å². The molecular weight excluding hydrogens is 200 g/mol. The lowest BCUT2D eigenvalue weighted by atomic mass is 10.1. The van der Waals surface area contributed by atoms with Gasteiger partial charge in [-0.05, 0) is 32.1 Å². The zero-order chi connectivity index (χ0) is 11.1. The highest BCUT2D eigenvalue weighted by Gasteiger charge is 2.24. The van der Waals surface area contributed by atoms with Crippen molar-refractivity contribution in [3.63, 3.8) is 0 Å². The number of hydrogen-bond acceptors (Lipinski definition) is 3. The molecule has 1 unspecified atom stereocenters. The molecule has 0 amide bonds. The molecule has 84 valence electrons. The van der Waals surface area contributed by atoms with E-state index >= 15 is 0 Å². The molecule has 4 nitrogen and oxygen atoms in total. The van der Waals surface area contributed by atoms with Gasteiger partial charge in [-0.2, -0.15) is 0 Å². The molecule has 2 aromatic rings. The molecule has 0 saturated carbocycles. The molecule has 1 aliphatic rings. The molecule has 0 radical (unpaired) electrons. The molecule has 1 saturated heterocycles. The Morgan fingerprint density at radius 3 is 3.12 bits per heavy atom. The van der Waals surface area contributed by atoms with E-state index in [0.29, 0.717) is 5.92 Å². The Labute approximate surface area is 94.7 Å². The number of nitrogens with zero attached hydrogens (tertiary/aromatic N) is 3. The zero-order valence-corrected chi connectivity index (χ0v) is 9.43. The number of likely N-dealkylation sites (N-methyl/N-ethyl adjacent to an activating group) is 1. The van der Waals surface area contributed by atoms with Crippen molar-refractivity contribution in [2.45, 2.75) is 12.3 Å². The van der Waals surface area contributed by atoms with Crippen molar-refractivity contribution >= 4 is 11.2 Å². The Hall–Kier alpha value is -1.55. The van der Waals surface area contributed by atoms with Crippen LogP contribution in [0.1, 0.15) is 18.2 Å². The summed E-state index contributed by atoms with van der Waals surface area (Å²) in [5.74, 6) is 1.68. The third-order valence-corrected chi connectivity index (χ3v) is 3.39. The first-order valence-corrected chi connectivity index (χ1v) is 5.65. The Morgan fingerprint density at radius 2 is 2.38 bits per heavy atom. The summed E-state index contributed by atoms with van der Waals surface area (Å²) in [7, 11) is 2.16. The van der Waals surface area contributed by atoms with E-state index in [1.807, 2.05) is 24.5 Å². The second kappa shape index (κ2) is 3.49. The van der Waals surface area contributed by atoms with E-state index in [9.17, 15) is 0 Å². The van der Waals surface area contributed by atoms with E-state index < -0.39 is 0 Å². The molecule has 4 heteroatoms. The second-order valence-corrected chi connectivity index (χ2v) is 4.58. The fraction of sp³-hybridized carbons (Fsp3) is 0.417. The van der Waals surface area contributed by atoms with Crippen LogP contribution < -0.4 is 5.73 Å². The van der Waals surface area contributed by atoms with Crippen LogP contribution in [0.3, 0.4) is 0 Å². The molecule has 0 aliphatic carbocycles. The van der Waals surface area contributed by atoms with Crippen LogP contribution in [0.15, 0.2) is 24.5 Å². The predicted octanol–water partition coefficient (Wildman–Crippen LogP) is 1.34. The normalized spacial score (nSPS) is 21.9. The highest BCUT2D eigenvalue weighted by Crippen LogP contribution is 2.27. The third-order valence-electron chi connectivity index (χ3n) is 3.39. The van der Waals surface area contributed by atoms with Gasteiger partial charge in [-0.15, -0.1) is 0 Å². The largest absolute Gasteiger partial charge is 0.397 e. The lowest BCUT2D eigenvalue weighted by Gasteiger charge is -2.09. The maximum atomic E-state index is 5.92. The van der Waals surface area contributed by atoms with Gasteiger partial charge in [-0.3, -0.25) is 0 Å². The maximum absolute atomic E-state index is 5.92. The van der Waals surface area contributed by atoms with Gasteiger partial charge in [0.05, 0.1) is 17.4 Å². The van der Waals surface area contributed by atoms with Gasteiger partial charge in [0, 0.05) is 18.7 Å². The van der Waals surface area contributed by atoms with E-state index in [2.05, 4.69) is 21.3 Å². The highest BCUT2D eigenvalue weighted by atomic mass is 15.1. The summed E-state index contributed by atoms with van der Waals surface area (Å²) in [6.07, 6.45) is 5.11. The molecule has 16 heavy (non-hydrogen) atoms. The average molecular weight is 216 g/mol. The Balaban J connectivity index is 2.08. The van der Waals surface area contributed by atoms with Gasteiger partial charge in [0.25, 0.3) is 0 Å². The number of fused-ring (bicyclic) bond motifs is 1. The van der Waals surface area contributed by atoms with Crippen molar-refractivity contribution in [3.05, 3.63) is 30.4 Å². The minimum atomic E-state index is 0.536. The van der Waals surface area contributed by atoms with Gasteiger partial charge < -0.3 is 15.0 Å². The topological polar surface area (TPSA) is 46.6 Å². The van der Waals surface area contributed by atoms with Crippen LogP contribution in [0.2, 0.25) is 0 Å². The number of hydrogen-bond donors (Lipinski definition) is 1. The number of anilines is 1. The SMILES string of the molecule is CN1CCC(c2ncc3c(N)cccn23)C1. The van der Waals surface area contributed by atoms with Gasteiger partial charge in [-0.1, -0.05) is 0 Å². The molecule has 0 bridgehead atoms. The summed E-state index contributed by atoms with van der Waals surface area (Å²) in [4.78, 5) is 6.87. The van der Waals surface area contributed by atoms with Gasteiger partial charge in [0.15, 0.2) is 0 Å². The van der Waals surface area contributed by atoms with Crippen LogP contribution >= 0.6 is 0 Å². The Morgan fingerprint density at radius 1 is 1.50 bits per heavy atom. The van der Waals surface area contributed by atoms with Crippen molar-refractivity contribution < 1.29 is 0 Å². The number of aromatic nitrogens is 2. The van der Waals surface area contributed by atoms with Crippen LogP contribution in [0.25, 0.3) is 5.52 Å². The van der Waals surface area contributed by atoms with Gasteiger partial charge in [0.2, 0.25) is 0 Å². The van der Waals surface area contributed by atoms with Crippen molar-refractivity contribution in [1.29, 1.82) is 0 Å². The predicted molar refractivity (Wildman–Crippen MR) is 64.5 cm³/mol. The molecule has 1 aliphatic heterocycles. The van der Waals surface area contributed by atoms with Crippen molar-refractivity contribution in [1.82, 2.24) is 14.3 Å². The first-order valence-electron chi connectivity index (χ1n) is 5.65. The number of nitrogens with two attached hydrogens (primary N) is 1. The van der Waals surface area contributed by atoms with Crippen molar-refractivity contribution in [2.75, 3.05) is 25.9 Å². The summed E-state index contributed by atoms with van der Waals surface area (Å²) in [6.45, 7) is 2.25. The molecule has 3 heterocycles. The van der Waals surface area contributed by atoms with Crippen molar-refractivity contribution in [3.8, 4) is 0 Å². The summed E-state index contributed by atoms with van der Waals surface area (Å²) >= 11 is 0. The standard InChI is InChI=1S/C12H16N4/c1-15-6-4-9(8-15)12-14-7-11-10(13)3-2-5-16(11)12/h2-3,5,7,9H,4,6,8,13H2,1H3. The number of rotatable bonds is 1. The third kappa shape index (κ3) is 1.38. The molecule has 3 rings (SSSR count). The molecular formula is C12H16N4. The van der Waals surface area contributed by atoms with Gasteiger partial charge in [-0.25, -0.2) is 4.98 Å². The summed E-state index contributed by atoms with van der Waals surface area (Å²) < 4.78 is 2.12. The van der Waals surface area contributed by atoms with E-state index in [4.69, 9.17) is 5.73 Å². The summed E-state index contributed by atoms with van der Waals surface area (Å²) in [5.41, 5.74) is 7.74. The van der Waals surface area contributed by atoms with E-state index in [1.165, 1.54) is 6.42 Å². The lowest BCUT2D eigenvalue weighted by Crippen LogP contribution is -2.14. The number of pyridine rings is 1. The number of imidazole rings is 1. The number of nitrogen functional groups attached to an aromatic ring is 1. The summed E-state index contributed by atoms with van der Waals surface area (Å²) in [6, 6.07) is 3.90. The van der Waals surface area contributed by atoms with Crippen LogP contribution in [0, 0.1) is 0 Å². The fourth-order valence-corrected chi connectivity index (χ4v) is 2.51. The van der Waals surface area contributed by atoms with Gasteiger partial charge >= 0.3 is 0 Å². The smallest absolute Gasteiger partial charge is 0.117 e. The maximum Gasteiger partial charge on any atom is 0.117 e. The van der Waals surface area contributed by atoms with Crippen LogP contribution in [-0.4, -0.2) is 34.4 Å². The molecule has 0 spiro atoms. The van der Waals surface area contributed by atoms with Crippen LogP contribution in [0.4, 0.5) is 5.69 Å². The minimum absolute atomic E-state index is 0.536. The Bertz CT molecular complexity index is 517. The number of likely N-dealkylation sites (tertiary alicyclic amines) is 1. The average Bonchev–Trinajstić information content (AvgIpc) is 2.84. The fourth-order valence-electron chi connectivity index (χ4n) is 2.51. The molecule has 1 atom stereocenters. The minimum Gasteiger partial charge on any atom is -0.397 e. The first-order chi connectivity index (χ1) is 7.75. The molecule has 1 fully saturated rings. The van der Waals surface area contributed by atoms with E-state index in [1.54, 1.807) is 0 Å². The Kier molecular flexibility index (Phi) is 2.11. The first kappa shape index (κ1) is 9.66. The van der Waals surface area contributed by atoms with Crippen molar-refractivity contribution in [2.24, 2.45) is 0 Å². The molecule has 0 aromatic carbocycles. The second-order valence-electron chi connectivity index (χ2n) is 4.58. The molecule has 2 N–H and O–H groups in total. The van der Waals surface area contributed by atoms with Crippen LogP contribution in [-0.2, 0) is 0 Å². The monoisotopic (exact) mass is 216 g/mol. The summed E-state index contributed by atoms with van der Waals surface area (Å²) in [5, 5.41) is 0.